The molecule has 0 atom stereocenters. The molecule has 0 fully saturated rings. The third-order valence-corrected chi connectivity index (χ3v) is 3.21. The molecule has 0 unspecified atom stereocenters. The maximum absolute atomic E-state index is 4.53. The Morgan fingerprint density at radius 2 is 2.06 bits per heavy atom. The molecule has 0 spiro atoms. The van der Waals surface area contributed by atoms with Crippen molar-refractivity contribution in [2.45, 2.75) is 6.92 Å². The predicted molar refractivity (Wildman–Crippen MR) is 70.9 cm³/mol. The number of halogens is 1. The van der Waals surface area contributed by atoms with Gasteiger partial charge in [0.1, 0.15) is 0 Å². The minimum atomic E-state index is 0.751. The van der Waals surface area contributed by atoms with Gasteiger partial charge in [-0.15, -0.1) is 5.10 Å². The number of aromatic nitrogens is 3. The van der Waals surface area contributed by atoms with E-state index in [1.54, 1.807) is 4.52 Å². The first-order valence-electron chi connectivity index (χ1n) is 5.32. The van der Waals surface area contributed by atoms with Gasteiger partial charge in [0.05, 0.1) is 4.47 Å². The molecule has 0 bridgehead atoms. The number of nitrogens with zero attached hydrogens (tertiary/aromatic N) is 3. The highest BCUT2D eigenvalue weighted by Crippen LogP contribution is 2.21. The summed E-state index contributed by atoms with van der Waals surface area (Å²) in [5, 5.41) is 4.46. The molecule has 0 aliphatic heterocycles. The van der Waals surface area contributed by atoms with Gasteiger partial charge >= 0.3 is 0 Å². The summed E-state index contributed by atoms with van der Waals surface area (Å²) in [5.74, 6) is 0.751. The fraction of sp³-hybridized carbons (Fsp3) is 0.0769. The quantitative estimate of drug-likeness (QED) is 0.686. The van der Waals surface area contributed by atoms with Gasteiger partial charge in [0.15, 0.2) is 11.5 Å². The van der Waals surface area contributed by atoms with Gasteiger partial charge in [-0.25, -0.2) is 9.50 Å². The Hall–Kier alpha value is -1.68. The van der Waals surface area contributed by atoms with E-state index < -0.39 is 0 Å². The van der Waals surface area contributed by atoms with E-state index in [0.717, 1.165) is 21.5 Å². The smallest absolute Gasteiger partial charge is 0.182 e. The number of pyridine rings is 1. The van der Waals surface area contributed by atoms with Crippen LogP contribution in [-0.4, -0.2) is 14.6 Å². The third-order valence-electron chi connectivity index (χ3n) is 2.59. The van der Waals surface area contributed by atoms with E-state index in [2.05, 4.69) is 45.1 Å². The molecule has 0 aliphatic carbocycles. The molecule has 17 heavy (non-hydrogen) atoms. The summed E-state index contributed by atoms with van der Waals surface area (Å²) < 4.78 is 2.73. The molecule has 2 heterocycles. The van der Waals surface area contributed by atoms with E-state index in [1.807, 2.05) is 30.5 Å². The molecular formula is C13H10BrN3. The summed E-state index contributed by atoms with van der Waals surface area (Å²) in [6, 6.07) is 12.1. The van der Waals surface area contributed by atoms with Crippen LogP contribution < -0.4 is 0 Å². The molecule has 84 valence electrons. The van der Waals surface area contributed by atoms with Gasteiger partial charge < -0.3 is 0 Å². The monoisotopic (exact) mass is 287 g/mol. The van der Waals surface area contributed by atoms with Crippen LogP contribution in [0.2, 0.25) is 0 Å². The Morgan fingerprint density at radius 1 is 1.18 bits per heavy atom. The van der Waals surface area contributed by atoms with E-state index in [-0.39, 0.29) is 0 Å². The van der Waals surface area contributed by atoms with Gasteiger partial charge in [-0.1, -0.05) is 23.8 Å². The SMILES string of the molecule is Cc1cccc(-c2nc3c(Br)cccn3n2)c1. The van der Waals surface area contributed by atoms with Crippen LogP contribution in [0.4, 0.5) is 0 Å². The summed E-state index contributed by atoms with van der Waals surface area (Å²) in [6.07, 6.45) is 1.90. The normalized spacial score (nSPS) is 10.9. The summed E-state index contributed by atoms with van der Waals surface area (Å²) in [6.45, 7) is 2.06. The molecule has 0 N–H and O–H groups in total. The largest absolute Gasteiger partial charge is 0.219 e. The van der Waals surface area contributed by atoms with Crippen molar-refractivity contribution in [3.8, 4) is 11.4 Å². The number of hydrogen-bond acceptors (Lipinski definition) is 2. The van der Waals surface area contributed by atoms with Crippen LogP contribution in [0, 0.1) is 6.92 Å². The van der Waals surface area contributed by atoms with Gasteiger partial charge in [0.2, 0.25) is 0 Å². The van der Waals surface area contributed by atoms with Crippen molar-refractivity contribution < 1.29 is 0 Å². The number of rotatable bonds is 1. The van der Waals surface area contributed by atoms with E-state index in [1.165, 1.54) is 5.56 Å². The average Bonchev–Trinajstić information content (AvgIpc) is 2.74. The maximum atomic E-state index is 4.53. The van der Waals surface area contributed by atoms with Crippen molar-refractivity contribution >= 4 is 21.6 Å². The van der Waals surface area contributed by atoms with Crippen molar-refractivity contribution in [1.82, 2.24) is 14.6 Å². The number of fused-ring (bicyclic) bond motifs is 1. The number of aryl methyl sites for hydroxylation is 1. The van der Waals surface area contributed by atoms with Crippen molar-refractivity contribution in [2.75, 3.05) is 0 Å². The summed E-state index contributed by atoms with van der Waals surface area (Å²) in [5.41, 5.74) is 3.09. The van der Waals surface area contributed by atoms with Crippen molar-refractivity contribution in [3.63, 3.8) is 0 Å². The molecule has 0 aliphatic rings. The second-order valence-corrected chi connectivity index (χ2v) is 4.78. The van der Waals surface area contributed by atoms with Gasteiger partial charge in [-0.3, -0.25) is 0 Å². The third kappa shape index (κ3) is 1.85. The molecule has 3 aromatic rings. The Bertz CT molecular complexity index is 688. The van der Waals surface area contributed by atoms with Crippen molar-refractivity contribution in [2.24, 2.45) is 0 Å². The van der Waals surface area contributed by atoms with Crippen LogP contribution in [0.15, 0.2) is 47.1 Å². The summed E-state index contributed by atoms with van der Waals surface area (Å²) in [7, 11) is 0. The van der Waals surface area contributed by atoms with Crippen LogP contribution in [0.25, 0.3) is 17.0 Å². The van der Waals surface area contributed by atoms with Gasteiger partial charge in [-0.05, 0) is 41.1 Å². The molecule has 0 saturated heterocycles. The van der Waals surface area contributed by atoms with E-state index >= 15 is 0 Å². The molecule has 1 aromatic carbocycles. The lowest BCUT2D eigenvalue weighted by Gasteiger charge is -1.95. The summed E-state index contributed by atoms with van der Waals surface area (Å²) >= 11 is 3.47. The van der Waals surface area contributed by atoms with Gasteiger partial charge in [0, 0.05) is 11.8 Å². The van der Waals surface area contributed by atoms with Crippen molar-refractivity contribution in [3.05, 3.63) is 52.6 Å². The van der Waals surface area contributed by atoms with Crippen LogP contribution in [0.3, 0.4) is 0 Å². The molecule has 4 heteroatoms. The van der Waals surface area contributed by atoms with Gasteiger partial charge in [-0.2, -0.15) is 0 Å². The van der Waals surface area contributed by atoms with Crippen LogP contribution >= 0.6 is 15.9 Å². The van der Waals surface area contributed by atoms with E-state index in [4.69, 9.17) is 0 Å². The fourth-order valence-electron chi connectivity index (χ4n) is 1.78. The lowest BCUT2D eigenvalue weighted by molar-refractivity contribution is 0.963. The highest BCUT2D eigenvalue weighted by Gasteiger charge is 2.07. The Morgan fingerprint density at radius 3 is 2.82 bits per heavy atom. The number of benzene rings is 1. The lowest BCUT2D eigenvalue weighted by atomic mass is 10.1. The number of hydrogen-bond donors (Lipinski definition) is 0. The average molecular weight is 288 g/mol. The zero-order valence-electron chi connectivity index (χ0n) is 9.26. The second kappa shape index (κ2) is 3.96. The van der Waals surface area contributed by atoms with E-state index in [9.17, 15) is 0 Å². The molecule has 3 rings (SSSR count). The minimum absolute atomic E-state index is 0.751. The van der Waals surface area contributed by atoms with Crippen LogP contribution in [0.5, 0.6) is 0 Å². The fourth-order valence-corrected chi connectivity index (χ4v) is 2.20. The topological polar surface area (TPSA) is 30.2 Å². The first-order chi connectivity index (χ1) is 8.24. The highest BCUT2D eigenvalue weighted by atomic mass is 79.9. The second-order valence-electron chi connectivity index (χ2n) is 3.93. The highest BCUT2D eigenvalue weighted by molar-refractivity contribution is 9.10. The van der Waals surface area contributed by atoms with E-state index in [0.29, 0.717) is 0 Å². The van der Waals surface area contributed by atoms with Crippen molar-refractivity contribution in [1.29, 1.82) is 0 Å². The predicted octanol–water partition coefficient (Wildman–Crippen LogP) is 3.47. The van der Waals surface area contributed by atoms with Crippen LogP contribution in [-0.2, 0) is 0 Å². The van der Waals surface area contributed by atoms with Crippen LogP contribution in [0.1, 0.15) is 5.56 Å². The molecule has 0 radical (unpaired) electrons. The molecule has 3 nitrogen and oxygen atoms in total. The molecular weight excluding hydrogens is 278 g/mol. The Balaban J connectivity index is 2.22. The maximum Gasteiger partial charge on any atom is 0.182 e. The Labute approximate surface area is 107 Å². The zero-order valence-corrected chi connectivity index (χ0v) is 10.8. The first kappa shape index (κ1) is 10.5. The minimum Gasteiger partial charge on any atom is -0.219 e. The lowest BCUT2D eigenvalue weighted by Crippen LogP contribution is -1.86. The van der Waals surface area contributed by atoms with Gasteiger partial charge in [0.25, 0.3) is 0 Å². The standard InChI is InChI=1S/C13H10BrN3/c1-9-4-2-5-10(8-9)12-15-13-11(14)6-3-7-17(13)16-12/h2-8H,1H3. The molecule has 2 aromatic heterocycles. The first-order valence-corrected chi connectivity index (χ1v) is 6.11. The molecule has 0 saturated carbocycles. The molecule has 0 amide bonds. The zero-order chi connectivity index (χ0) is 11.8. The Kier molecular flexibility index (Phi) is 2.44. The summed E-state index contributed by atoms with van der Waals surface area (Å²) in [4.78, 5) is 4.53.